The molecule has 0 radical (unpaired) electrons. The molecule has 1 aliphatic rings. The highest BCUT2D eigenvalue weighted by molar-refractivity contribution is 5.82. The number of aliphatic carboxylic acids is 1. The van der Waals surface area contributed by atoms with Crippen LogP contribution in [0.1, 0.15) is 26.7 Å². The molecule has 3 N–H and O–H groups in total. The van der Waals surface area contributed by atoms with Gasteiger partial charge in [-0.25, -0.2) is 9.59 Å². The molecule has 0 aliphatic carbocycles. The van der Waals surface area contributed by atoms with Crippen LogP contribution in [0, 0.1) is 5.92 Å². The minimum Gasteiger partial charge on any atom is -0.480 e. The van der Waals surface area contributed by atoms with Gasteiger partial charge in [-0.2, -0.15) is 0 Å². The van der Waals surface area contributed by atoms with Crippen LogP contribution in [0.4, 0.5) is 4.79 Å². The highest BCUT2D eigenvalue weighted by atomic mass is 16.4. The van der Waals surface area contributed by atoms with Crippen molar-refractivity contribution in [3.63, 3.8) is 0 Å². The number of urea groups is 1. The van der Waals surface area contributed by atoms with E-state index in [1.54, 1.807) is 0 Å². The van der Waals surface area contributed by atoms with Gasteiger partial charge in [-0.1, -0.05) is 20.3 Å². The summed E-state index contributed by atoms with van der Waals surface area (Å²) in [6, 6.07) is -1.10. The fraction of sp³-hybridized carbons (Fsp3) is 0.833. The molecule has 0 saturated carbocycles. The second kappa shape index (κ2) is 6.58. The van der Waals surface area contributed by atoms with E-state index in [0.29, 0.717) is 6.42 Å². The van der Waals surface area contributed by atoms with Crippen LogP contribution >= 0.6 is 0 Å². The predicted octanol–water partition coefficient (Wildman–Crippen LogP) is 0.489. The summed E-state index contributed by atoms with van der Waals surface area (Å²) >= 11 is 0. The number of rotatable bonds is 5. The number of likely N-dealkylation sites (tertiary alicyclic amines) is 1. The van der Waals surface area contributed by atoms with E-state index in [1.165, 1.54) is 0 Å². The van der Waals surface area contributed by atoms with Gasteiger partial charge in [0.15, 0.2) is 0 Å². The third kappa shape index (κ3) is 4.18. The molecule has 1 fully saturated rings. The summed E-state index contributed by atoms with van der Waals surface area (Å²) in [5, 5.41) is 14.4. The van der Waals surface area contributed by atoms with E-state index in [-0.39, 0.29) is 18.0 Å². The van der Waals surface area contributed by atoms with E-state index < -0.39 is 12.0 Å². The molecule has 104 valence electrons. The van der Waals surface area contributed by atoms with Crippen molar-refractivity contribution in [3.8, 4) is 0 Å². The van der Waals surface area contributed by atoms with Crippen LogP contribution in [-0.2, 0) is 4.79 Å². The Kier molecular flexibility index (Phi) is 5.40. The smallest absolute Gasteiger partial charge is 0.326 e. The minimum absolute atomic E-state index is 0.0838. The van der Waals surface area contributed by atoms with Crippen molar-refractivity contribution in [1.29, 1.82) is 0 Å². The van der Waals surface area contributed by atoms with Gasteiger partial charge in [-0.3, -0.25) is 0 Å². The Labute approximate surface area is 108 Å². The second-order valence-electron chi connectivity index (χ2n) is 5.07. The Bertz CT molecular complexity index is 309. The maximum atomic E-state index is 11.7. The molecular weight excluding hydrogens is 234 g/mol. The zero-order valence-corrected chi connectivity index (χ0v) is 11.3. The van der Waals surface area contributed by atoms with Crippen molar-refractivity contribution < 1.29 is 14.7 Å². The molecule has 6 heteroatoms. The lowest BCUT2D eigenvalue weighted by Crippen LogP contribution is -2.51. The highest BCUT2D eigenvalue weighted by Gasteiger charge is 2.27. The molecule has 3 unspecified atom stereocenters. The Morgan fingerprint density at radius 3 is 2.61 bits per heavy atom. The largest absolute Gasteiger partial charge is 0.480 e. The molecule has 6 nitrogen and oxygen atoms in total. The average molecular weight is 257 g/mol. The molecule has 0 aromatic carbocycles. The first-order chi connectivity index (χ1) is 8.43. The summed E-state index contributed by atoms with van der Waals surface area (Å²) in [6.45, 7) is 5.50. The number of amides is 2. The summed E-state index contributed by atoms with van der Waals surface area (Å²) in [5.41, 5.74) is 0. The summed E-state index contributed by atoms with van der Waals surface area (Å²) in [5.74, 6) is -1.07. The monoisotopic (exact) mass is 257 g/mol. The number of carboxylic acid groups (broad SMARTS) is 1. The van der Waals surface area contributed by atoms with E-state index in [1.807, 2.05) is 20.9 Å². The van der Waals surface area contributed by atoms with Crippen molar-refractivity contribution in [2.75, 3.05) is 20.1 Å². The van der Waals surface area contributed by atoms with E-state index >= 15 is 0 Å². The number of carbonyl (C=O) groups excluding carboxylic acids is 1. The van der Waals surface area contributed by atoms with E-state index in [4.69, 9.17) is 5.11 Å². The molecule has 0 spiro atoms. The lowest BCUT2D eigenvalue weighted by Gasteiger charge is -2.21. The van der Waals surface area contributed by atoms with Crippen LogP contribution in [-0.4, -0.2) is 54.2 Å². The Hall–Kier alpha value is -1.30. The first-order valence-corrected chi connectivity index (χ1v) is 6.42. The van der Waals surface area contributed by atoms with Crippen LogP contribution in [0.15, 0.2) is 0 Å². The van der Waals surface area contributed by atoms with Gasteiger partial charge >= 0.3 is 12.0 Å². The highest BCUT2D eigenvalue weighted by Crippen LogP contribution is 2.09. The summed E-state index contributed by atoms with van der Waals surface area (Å²) < 4.78 is 0. The van der Waals surface area contributed by atoms with Gasteiger partial charge in [0.2, 0.25) is 0 Å². The lowest BCUT2D eigenvalue weighted by atomic mass is 9.99. The summed E-state index contributed by atoms with van der Waals surface area (Å²) in [6.07, 6.45) is 1.62. The van der Waals surface area contributed by atoms with Gasteiger partial charge in [0.25, 0.3) is 0 Å². The van der Waals surface area contributed by atoms with Gasteiger partial charge < -0.3 is 20.6 Å². The molecule has 0 aromatic rings. The molecule has 0 bridgehead atoms. The Morgan fingerprint density at radius 2 is 2.17 bits per heavy atom. The topological polar surface area (TPSA) is 81.7 Å². The van der Waals surface area contributed by atoms with Gasteiger partial charge in [0.1, 0.15) is 6.04 Å². The van der Waals surface area contributed by atoms with Crippen LogP contribution in [0.25, 0.3) is 0 Å². The van der Waals surface area contributed by atoms with Crippen LogP contribution in [0.2, 0.25) is 0 Å². The molecule has 3 atom stereocenters. The van der Waals surface area contributed by atoms with Crippen molar-refractivity contribution in [2.45, 2.75) is 38.8 Å². The summed E-state index contributed by atoms with van der Waals surface area (Å²) in [7, 11) is 2.00. The molecule has 0 aromatic heterocycles. The fourth-order valence-electron chi connectivity index (χ4n) is 2.10. The second-order valence-corrected chi connectivity index (χ2v) is 5.07. The van der Waals surface area contributed by atoms with Crippen LogP contribution in [0.3, 0.4) is 0 Å². The van der Waals surface area contributed by atoms with E-state index in [2.05, 4.69) is 15.5 Å². The van der Waals surface area contributed by atoms with Gasteiger partial charge in [0.05, 0.1) is 0 Å². The zero-order chi connectivity index (χ0) is 13.7. The lowest BCUT2D eigenvalue weighted by molar-refractivity contribution is -0.140. The maximum Gasteiger partial charge on any atom is 0.326 e. The van der Waals surface area contributed by atoms with Gasteiger partial charge in [0, 0.05) is 12.6 Å². The number of nitrogens with zero attached hydrogens (tertiary/aromatic N) is 1. The number of carboxylic acids is 1. The number of likely N-dealkylation sites (N-methyl/N-ethyl adjacent to an activating group) is 1. The van der Waals surface area contributed by atoms with Crippen molar-refractivity contribution in [2.24, 2.45) is 5.92 Å². The maximum absolute atomic E-state index is 11.7. The quantitative estimate of drug-likeness (QED) is 0.669. The van der Waals surface area contributed by atoms with Crippen LogP contribution < -0.4 is 10.6 Å². The van der Waals surface area contributed by atoms with Gasteiger partial charge in [-0.05, 0) is 25.9 Å². The first kappa shape index (κ1) is 14.8. The standard InChI is InChI=1S/C12H23N3O3/c1-4-8(2)10(11(16)17)14-12(18)13-9-5-6-15(3)7-9/h8-10H,4-7H2,1-3H3,(H,16,17)(H2,13,14,18). The molecule has 1 saturated heterocycles. The molecular formula is C12H23N3O3. The SMILES string of the molecule is CCC(C)C(NC(=O)NC1CCN(C)C1)C(=O)O. The third-order valence-corrected chi connectivity index (χ3v) is 3.49. The van der Waals surface area contributed by atoms with E-state index in [0.717, 1.165) is 19.5 Å². The Balaban J connectivity index is 2.44. The number of hydrogen-bond donors (Lipinski definition) is 3. The molecule has 1 aliphatic heterocycles. The number of carbonyl (C=O) groups is 2. The van der Waals surface area contributed by atoms with Gasteiger partial charge in [-0.15, -0.1) is 0 Å². The van der Waals surface area contributed by atoms with Crippen molar-refractivity contribution >= 4 is 12.0 Å². The minimum atomic E-state index is -0.983. The normalized spacial score (nSPS) is 23.4. The fourth-order valence-corrected chi connectivity index (χ4v) is 2.10. The Morgan fingerprint density at radius 1 is 1.50 bits per heavy atom. The number of hydrogen-bond acceptors (Lipinski definition) is 3. The average Bonchev–Trinajstić information content (AvgIpc) is 2.70. The van der Waals surface area contributed by atoms with Crippen molar-refractivity contribution in [1.82, 2.24) is 15.5 Å². The van der Waals surface area contributed by atoms with E-state index in [9.17, 15) is 9.59 Å². The zero-order valence-electron chi connectivity index (χ0n) is 11.3. The summed E-state index contributed by atoms with van der Waals surface area (Å²) in [4.78, 5) is 24.9. The third-order valence-electron chi connectivity index (χ3n) is 3.49. The van der Waals surface area contributed by atoms with Crippen LogP contribution in [0.5, 0.6) is 0 Å². The molecule has 1 rings (SSSR count). The first-order valence-electron chi connectivity index (χ1n) is 6.42. The molecule has 2 amide bonds. The van der Waals surface area contributed by atoms with Crippen molar-refractivity contribution in [3.05, 3.63) is 0 Å². The number of nitrogens with one attached hydrogen (secondary N) is 2. The predicted molar refractivity (Wildman–Crippen MR) is 68.4 cm³/mol. The molecule has 1 heterocycles. The molecule has 18 heavy (non-hydrogen) atoms.